The van der Waals surface area contributed by atoms with E-state index in [2.05, 4.69) is 6.92 Å². The summed E-state index contributed by atoms with van der Waals surface area (Å²) in [4.78, 5) is 24.8. The van der Waals surface area contributed by atoms with Gasteiger partial charge in [0.25, 0.3) is 0 Å². The van der Waals surface area contributed by atoms with E-state index in [1.165, 1.54) is 0 Å². The van der Waals surface area contributed by atoms with Crippen molar-refractivity contribution in [3.8, 4) is 0 Å². The number of amides is 1. The van der Waals surface area contributed by atoms with Crippen LogP contribution in [-0.4, -0.2) is 28.2 Å². The third-order valence-corrected chi connectivity index (χ3v) is 3.43. The van der Waals surface area contributed by atoms with Gasteiger partial charge in [0.1, 0.15) is 0 Å². The summed E-state index contributed by atoms with van der Waals surface area (Å²) >= 11 is 0. The van der Waals surface area contributed by atoms with Crippen molar-refractivity contribution in [2.75, 3.05) is 0 Å². The zero-order valence-corrected chi connectivity index (χ0v) is 8.33. The number of ketones is 1. The van der Waals surface area contributed by atoms with E-state index in [1.807, 2.05) is 13.8 Å². The molecular weight excluding hydrogens is 166 g/mol. The van der Waals surface area contributed by atoms with E-state index in [4.69, 9.17) is 0 Å². The van der Waals surface area contributed by atoms with Gasteiger partial charge in [-0.05, 0) is 19.8 Å². The Morgan fingerprint density at radius 2 is 1.92 bits per heavy atom. The van der Waals surface area contributed by atoms with Gasteiger partial charge < -0.3 is 4.90 Å². The van der Waals surface area contributed by atoms with Gasteiger partial charge in [-0.15, -0.1) is 0 Å². The molecule has 0 saturated carbocycles. The molecule has 1 amide bonds. The summed E-state index contributed by atoms with van der Waals surface area (Å²) in [5.41, 5.74) is -0.549. The van der Waals surface area contributed by atoms with Gasteiger partial charge >= 0.3 is 0 Å². The van der Waals surface area contributed by atoms with Crippen LogP contribution < -0.4 is 0 Å². The number of β-lactam (4-membered cyclic amide) rings is 1. The average molecular weight is 181 g/mol. The molecule has 2 atom stereocenters. The molecule has 3 heteroatoms. The molecule has 0 aromatic rings. The van der Waals surface area contributed by atoms with Gasteiger partial charge in [0.15, 0.2) is 5.78 Å². The molecule has 2 aliphatic rings. The summed E-state index contributed by atoms with van der Waals surface area (Å²) in [6.07, 6.45) is 1.26. The molecule has 0 bridgehead atoms. The molecule has 0 N–H and O–H groups in total. The monoisotopic (exact) mass is 181 g/mol. The summed E-state index contributed by atoms with van der Waals surface area (Å²) < 4.78 is 0. The minimum absolute atomic E-state index is 0.134. The highest BCUT2D eigenvalue weighted by molar-refractivity contribution is 5.97. The first-order valence-corrected chi connectivity index (χ1v) is 4.80. The van der Waals surface area contributed by atoms with Crippen LogP contribution in [0.15, 0.2) is 0 Å². The van der Waals surface area contributed by atoms with Gasteiger partial charge in [-0.25, -0.2) is 0 Å². The Balaban J connectivity index is 2.31. The van der Waals surface area contributed by atoms with Gasteiger partial charge in [0, 0.05) is 18.9 Å². The normalized spacial score (nSPS) is 37.0. The number of fused-ring (bicyclic) bond motifs is 1. The topological polar surface area (TPSA) is 37.4 Å². The van der Waals surface area contributed by atoms with Crippen LogP contribution >= 0.6 is 0 Å². The maximum Gasteiger partial charge on any atom is 0.225 e. The fourth-order valence-corrected chi connectivity index (χ4v) is 2.44. The summed E-state index contributed by atoms with van der Waals surface area (Å²) in [6.45, 7) is 5.76. The lowest BCUT2D eigenvalue weighted by atomic mass is 9.73. The van der Waals surface area contributed by atoms with Crippen molar-refractivity contribution in [3.05, 3.63) is 0 Å². The van der Waals surface area contributed by atoms with Crippen molar-refractivity contribution in [3.63, 3.8) is 0 Å². The maximum atomic E-state index is 11.7. The largest absolute Gasteiger partial charge is 0.327 e. The zero-order valence-electron chi connectivity index (χ0n) is 8.33. The van der Waals surface area contributed by atoms with E-state index >= 15 is 0 Å². The molecule has 0 aromatic carbocycles. The maximum absolute atomic E-state index is 11.7. The Morgan fingerprint density at radius 1 is 1.31 bits per heavy atom. The number of rotatable bonds is 0. The summed E-state index contributed by atoms with van der Waals surface area (Å²) in [7, 11) is 0. The van der Waals surface area contributed by atoms with E-state index in [-0.39, 0.29) is 11.7 Å². The van der Waals surface area contributed by atoms with E-state index in [0.717, 1.165) is 0 Å². The van der Waals surface area contributed by atoms with Crippen LogP contribution in [0, 0.1) is 5.92 Å². The van der Waals surface area contributed by atoms with Crippen LogP contribution in [0.2, 0.25) is 0 Å². The van der Waals surface area contributed by atoms with Crippen LogP contribution in [0.4, 0.5) is 0 Å². The summed E-state index contributed by atoms with van der Waals surface area (Å²) in [5.74, 6) is 0.678. The molecule has 0 radical (unpaired) electrons. The SMILES string of the molecule is CC1CC(=O)C(C)(C)N2C(=O)CC12. The molecule has 0 aliphatic carbocycles. The fourth-order valence-electron chi connectivity index (χ4n) is 2.44. The lowest BCUT2D eigenvalue weighted by molar-refractivity contribution is -0.171. The van der Waals surface area contributed by atoms with Crippen molar-refractivity contribution < 1.29 is 9.59 Å². The second-order valence-electron chi connectivity index (χ2n) is 4.70. The highest BCUT2D eigenvalue weighted by Crippen LogP contribution is 2.40. The Morgan fingerprint density at radius 3 is 2.46 bits per heavy atom. The first-order valence-electron chi connectivity index (χ1n) is 4.80. The third kappa shape index (κ3) is 0.960. The Hall–Kier alpha value is -0.860. The smallest absolute Gasteiger partial charge is 0.225 e. The molecule has 0 aromatic heterocycles. The van der Waals surface area contributed by atoms with Crippen molar-refractivity contribution >= 4 is 11.7 Å². The van der Waals surface area contributed by atoms with E-state index in [0.29, 0.717) is 24.8 Å². The minimum atomic E-state index is -0.549. The van der Waals surface area contributed by atoms with Crippen molar-refractivity contribution in [2.45, 2.75) is 45.2 Å². The number of hydrogen-bond acceptors (Lipinski definition) is 2. The van der Waals surface area contributed by atoms with Crippen LogP contribution in [0.25, 0.3) is 0 Å². The standard InChI is InChI=1S/C10H15NO2/c1-6-4-8(12)10(2,3)11-7(6)5-9(11)13/h6-7H,4-5H2,1-3H3. The number of Topliss-reactive ketones (excluding diaryl/α,β-unsaturated/α-hetero) is 1. The van der Waals surface area contributed by atoms with Gasteiger partial charge in [-0.2, -0.15) is 0 Å². The van der Waals surface area contributed by atoms with Gasteiger partial charge in [0.05, 0.1) is 5.54 Å². The van der Waals surface area contributed by atoms with Crippen molar-refractivity contribution in [1.29, 1.82) is 0 Å². The summed E-state index contributed by atoms with van der Waals surface area (Å²) in [6, 6.07) is 0.320. The predicted octanol–water partition coefficient (Wildman–Crippen LogP) is 0.975. The molecule has 72 valence electrons. The van der Waals surface area contributed by atoms with Crippen LogP contribution in [-0.2, 0) is 9.59 Å². The lowest BCUT2D eigenvalue weighted by Gasteiger charge is -2.55. The van der Waals surface area contributed by atoms with E-state index in [9.17, 15) is 9.59 Å². The molecule has 2 saturated heterocycles. The molecule has 0 spiro atoms. The molecule has 2 unspecified atom stereocenters. The van der Waals surface area contributed by atoms with Crippen molar-refractivity contribution in [2.24, 2.45) is 5.92 Å². The number of hydrogen-bond donors (Lipinski definition) is 0. The molecule has 2 fully saturated rings. The highest BCUT2D eigenvalue weighted by Gasteiger charge is 2.54. The fraction of sp³-hybridized carbons (Fsp3) is 0.800. The second kappa shape index (κ2) is 2.34. The van der Waals surface area contributed by atoms with Crippen LogP contribution in [0.1, 0.15) is 33.6 Å². The van der Waals surface area contributed by atoms with Crippen LogP contribution in [0.3, 0.4) is 0 Å². The Labute approximate surface area is 78.1 Å². The average Bonchev–Trinajstić information content (AvgIpc) is 1.96. The van der Waals surface area contributed by atoms with Gasteiger partial charge in [-0.1, -0.05) is 6.92 Å². The molecule has 2 rings (SSSR count). The highest BCUT2D eigenvalue weighted by atomic mass is 16.2. The van der Waals surface area contributed by atoms with E-state index in [1.54, 1.807) is 4.90 Å². The van der Waals surface area contributed by atoms with Crippen LogP contribution in [0.5, 0.6) is 0 Å². The van der Waals surface area contributed by atoms with Gasteiger partial charge in [0.2, 0.25) is 5.91 Å². The first-order chi connectivity index (χ1) is 5.94. The Bertz CT molecular complexity index is 283. The number of nitrogens with zero attached hydrogens (tertiary/aromatic N) is 1. The molecule has 2 heterocycles. The minimum Gasteiger partial charge on any atom is -0.327 e. The lowest BCUT2D eigenvalue weighted by Crippen LogP contribution is -2.70. The predicted molar refractivity (Wildman–Crippen MR) is 48.1 cm³/mol. The Kier molecular flexibility index (Phi) is 1.57. The molecule has 13 heavy (non-hydrogen) atoms. The second-order valence-corrected chi connectivity index (χ2v) is 4.70. The number of carbonyl (C=O) groups is 2. The molecule has 3 nitrogen and oxygen atoms in total. The van der Waals surface area contributed by atoms with Crippen molar-refractivity contribution in [1.82, 2.24) is 4.90 Å². The number of piperidine rings is 1. The third-order valence-electron chi connectivity index (χ3n) is 3.43. The quantitative estimate of drug-likeness (QED) is 0.522. The molecular formula is C10H15NO2. The first kappa shape index (κ1) is 8.73. The van der Waals surface area contributed by atoms with E-state index < -0.39 is 5.54 Å². The summed E-state index contributed by atoms with van der Waals surface area (Å²) in [5, 5.41) is 0. The zero-order chi connectivity index (χ0) is 9.80. The molecule has 2 aliphatic heterocycles. The number of carbonyl (C=O) groups excluding carboxylic acids is 2. The van der Waals surface area contributed by atoms with Gasteiger partial charge in [-0.3, -0.25) is 9.59 Å².